The molecule has 0 saturated carbocycles. The highest BCUT2D eigenvalue weighted by molar-refractivity contribution is 5.48. The molecule has 0 radical (unpaired) electrons. The summed E-state index contributed by atoms with van der Waals surface area (Å²) in [6, 6.07) is 0. The van der Waals surface area contributed by atoms with Crippen LogP contribution in [0.15, 0.2) is 25.1 Å². The number of rotatable bonds is 1. The van der Waals surface area contributed by atoms with Gasteiger partial charge in [-0.15, -0.1) is 4.91 Å². The lowest BCUT2D eigenvalue weighted by Gasteiger charge is -2.06. The van der Waals surface area contributed by atoms with Gasteiger partial charge >= 0.3 is 0 Å². The summed E-state index contributed by atoms with van der Waals surface area (Å²) in [5.74, 6) is -1.47. The van der Waals surface area contributed by atoms with Crippen LogP contribution in [0.3, 0.4) is 0 Å². The van der Waals surface area contributed by atoms with E-state index in [1.807, 2.05) is 10.3 Å². The SMILES string of the molecule is O=Nc1c([O-])/c(=N\[O-])c(=O)/c(=N\O)c1=O. The van der Waals surface area contributed by atoms with Crippen molar-refractivity contribution in [2.75, 3.05) is 0 Å². The molecule has 78 valence electrons. The summed E-state index contributed by atoms with van der Waals surface area (Å²) in [5.41, 5.74) is -4.08. The first kappa shape index (κ1) is 10.5. The van der Waals surface area contributed by atoms with Crippen LogP contribution >= 0.6 is 0 Å². The molecule has 9 nitrogen and oxygen atoms in total. The quantitative estimate of drug-likeness (QED) is 0.306. The molecule has 1 rings (SSSR count). The molecule has 1 N–H and O–H groups in total. The Balaban J connectivity index is 4.21. The van der Waals surface area contributed by atoms with Crippen LogP contribution in [0.25, 0.3) is 0 Å². The van der Waals surface area contributed by atoms with Crippen molar-refractivity contribution >= 4 is 5.69 Å². The van der Waals surface area contributed by atoms with Crippen LogP contribution in [-0.2, 0) is 0 Å². The molecule has 15 heavy (non-hydrogen) atoms. The van der Waals surface area contributed by atoms with E-state index in [0.29, 0.717) is 0 Å². The van der Waals surface area contributed by atoms with E-state index < -0.39 is 33.0 Å². The minimum atomic E-state index is -1.47. The first-order chi connectivity index (χ1) is 7.08. The van der Waals surface area contributed by atoms with Crippen molar-refractivity contribution in [1.29, 1.82) is 0 Å². The van der Waals surface area contributed by atoms with E-state index in [1.165, 1.54) is 0 Å². The van der Waals surface area contributed by atoms with Gasteiger partial charge in [0.2, 0.25) is 16.2 Å². The molecule has 0 aliphatic rings. The highest BCUT2D eigenvalue weighted by Gasteiger charge is 2.10. The number of hydrogen-bond donors (Lipinski definition) is 1. The van der Waals surface area contributed by atoms with Gasteiger partial charge in [-0.3, -0.25) is 9.59 Å². The van der Waals surface area contributed by atoms with Gasteiger partial charge in [-0.2, -0.15) is 0 Å². The molecule has 0 unspecified atom stereocenters. The van der Waals surface area contributed by atoms with Crippen LogP contribution in [-0.4, -0.2) is 5.21 Å². The molecule has 9 heteroatoms. The van der Waals surface area contributed by atoms with Crippen molar-refractivity contribution < 1.29 is 10.3 Å². The van der Waals surface area contributed by atoms with E-state index in [1.54, 1.807) is 0 Å². The fourth-order valence-electron chi connectivity index (χ4n) is 0.902. The number of nitroso groups, excluding NO2 is 1. The average molecular weight is 211 g/mol. The molecule has 0 aromatic heterocycles. The Bertz CT molecular complexity index is 624. The average Bonchev–Trinajstić information content (AvgIpc) is 2.19. The van der Waals surface area contributed by atoms with Crippen LogP contribution in [0, 0.1) is 10.1 Å². The van der Waals surface area contributed by atoms with Gasteiger partial charge in [0, 0.05) is 0 Å². The van der Waals surface area contributed by atoms with Crippen molar-refractivity contribution in [3.8, 4) is 5.75 Å². The van der Waals surface area contributed by atoms with Crippen LogP contribution in [0.5, 0.6) is 5.75 Å². The van der Waals surface area contributed by atoms with Gasteiger partial charge in [0.25, 0.3) is 0 Å². The fourth-order valence-corrected chi connectivity index (χ4v) is 0.902. The Morgan fingerprint density at radius 1 is 1.13 bits per heavy atom. The van der Waals surface area contributed by atoms with Gasteiger partial charge in [-0.1, -0.05) is 5.16 Å². The number of hydrogen-bond acceptors (Lipinski definition) is 9. The summed E-state index contributed by atoms with van der Waals surface area (Å²) >= 11 is 0. The maximum atomic E-state index is 11.0. The summed E-state index contributed by atoms with van der Waals surface area (Å²) < 4.78 is 0. The first-order valence-corrected chi connectivity index (χ1v) is 3.35. The molecule has 0 saturated heterocycles. The highest BCUT2D eigenvalue weighted by atomic mass is 16.4. The Kier molecular flexibility index (Phi) is 2.56. The molecule has 1 aromatic rings. The molecule has 0 bridgehead atoms. The van der Waals surface area contributed by atoms with Crippen LogP contribution in [0.1, 0.15) is 0 Å². The molecule has 0 aliphatic heterocycles. The van der Waals surface area contributed by atoms with Gasteiger partial charge < -0.3 is 20.7 Å². The molecule has 0 heterocycles. The van der Waals surface area contributed by atoms with Crippen molar-refractivity contribution in [3.05, 3.63) is 41.3 Å². The third kappa shape index (κ3) is 1.35. The van der Waals surface area contributed by atoms with E-state index in [-0.39, 0.29) is 0 Å². The summed E-state index contributed by atoms with van der Waals surface area (Å²) in [7, 11) is 0. The second-order valence-corrected chi connectivity index (χ2v) is 2.32. The van der Waals surface area contributed by atoms with Gasteiger partial charge in [0.15, 0.2) is 5.69 Å². The molecule has 0 fully saturated rings. The Morgan fingerprint density at radius 2 is 1.73 bits per heavy atom. The topological polar surface area (TPSA) is 155 Å². The standard InChI is InChI=1S/C6H3N3O6/c10-4-1(7-13)5(11)3(9-15)6(12)2(4)8-14/h10,13,15H/p-2/b7-1+,9-3+. The van der Waals surface area contributed by atoms with Crippen molar-refractivity contribution in [2.24, 2.45) is 15.5 Å². The maximum absolute atomic E-state index is 11.0. The minimum Gasteiger partial charge on any atom is -0.869 e. The number of nitrogens with zero attached hydrogens (tertiary/aromatic N) is 3. The first-order valence-electron chi connectivity index (χ1n) is 3.35. The van der Waals surface area contributed by atoms with Gasteiger partial charge in [-0.25, -0.2) is 0 Å². The molecular formula is C6HN3O6-2. The Morgan fingerprint density at radius 3 is 2.13 bits per heavy atom. The smallest absolute Gasteiger partial charge is 0.240 e. The van der Waals surface area contributed by atoms with Crippen molar-refractivity contribution in [3.63, 3.8) is 0 Å². The summed E-state index contributed by atoms with van der Waals surface area (Å²) in [4.78, 5) is 32.2. The summed E-state index contributed by atoms with van der Waals surface area (Å²) in [6.45, 7) is 0. The predicted molar refractivity (Wildman–Crippen MR) is 42.5 cm³/mol. The second kappa shape index (κ2) is 3.65. The van der Waals surface area contributed by atoms with Gasteiger partial charge in [-0.05, 0) is 10.9 Å². The third-order valence-electron chi connectivity index (χ3n) is 1.57. The van der Waals surface area contributed by atoms with Gasteiger partial charge in [0.1, 0.15) is 0 Å². The molecular weight excluding hydrogens is 210 g/mol. The number of benzene rings is 1. The zero-order chi connectivity index (χ0) is 11.6. The predicted octanol–water partition coefficient (Wildman–Crippen LogP) is -2.56. The largest absolute Gasteiger partial charge is 0.869 e. The lowest BCUT2D eigenvalue weighted by molar-refractivity contribution is -0.269. The zero-order valence-corrected chi connectivity index (χ0v) is 6.83. The van der Waals surface area contributed by atoms with Crippen LogP contribution in [0.4, 0.5) is 5.69 Å². The second-order valence-electron chi connectivity index (χ2n) is 2.32. The molecule has 0 atom stereocenters. The molecule has 1 aromatic carbocycles. The van der Waals surface area contributed by atoms with Crippen LogP contribution in [0.2, 0.25) is 0 Å². The maximum Gasteiger partial charge on any atom is 0.240 e. The monoisotopic (exact) mass is 211 g/mol. The molecule has 0 amide bonds. The minimum absolute atomic E-state index is 1.14. The Labute approximate surface area is 79.5 Å². The van der Waals surface area contributed by atoms with Crippen molar-refractivity contribution in [2.45, 2.75) is 0 Å². The summed E-state index contributed by atoms with van der Waals surface area (Å²) in [5, 5.41) is 33.4. The van der Waals surface area contributed by atoms with E-state index >= 15 is 0 Å². The van der Waals surface area contributed by atoms with Crippen LogP contribution < -0.4 is 26.7 Å². The van der Waals surface area contributed by atoms with Gasteiger partial charge in [0.05, 0.1) is 5.36 Å². The zero-order valence-electron chi connectivity index (χ0n) is 6.83. The third-order valence-corrected chi connectivity index (χ3v) is 1.57. The Hall–Kier alpha value is -2.58. The molecule has 0 spiro atoms. The van der Waals surface area contributed by atoms with E-state index in [9.17, 15) is 24.8 Å². The summed E-state index contributed by atoms with van der Waals surface area (Å²) in [6.07, 6.45) is 0. The van der Waals surface area contributed by atoms with E-state index in [2.05, 4.69) is 5.16 Å². The lowest BCUT2D eigenvalue weighted by Crippen LogP contribution is -2.48. The normalized spacial score (nSPS) is 13.1. The van der Waals surface area contributed by atoms with Crippen molar-refractivity contribution in [1.82, 2.24) is 0 Å². The molecule has 0 aliphatic carbocycles. The van der Waals surface area contributed by atoms with E-state index in [0.717, 1.165) is 0 Å². The fraction of sp³-hybridized carbons (Fsp3) is 0. The lowest BCUT2D eigenvalue weighted by atomic mass is 10.2. The van der Waals surface area contributed by atoms with E-state index in [4.69, 9.17) is 5.21 Å². The highest BCUT2D eigenvalue weighted by Crippen LogP contribution is 2.09.